The monoisotopic (exact) mass is 227 g/mol. The second-order valence-electron chi connectivity index (χ2n) is 4.10. The van der Waals surface area contributed by atoms with Gasteiger partial charge in [0.1, 0.15) is 0 Å². The van der Waals surface area contributed by atoms with Gasteiger partial charge in [-0.25, -0.2) is 0 Å². The molecule has 0 radical (unpaired) electrons. The van der Waals surface area contributed by atoms with Gasteiger partial charge in [0, 0.05) is 19.6 Å². The first kappa shape index (κ1) is 11.3. The molecule has 0 aromatic carbocycles. The van der Waals surface area contributed by atoms with Crippen molar-refractivity contribution in [2.24, 2.45) is 0 Å². The lowest BCUT2D eigenvalue weighted by Gasteiger charge is -2.25. The molecule has 2 aliphatic heterocycles. The van der Waals surface area contributed by atoms with Crippen molar-refractivity contribution in [3.05, 3.63) is 21.5 Å². The number of nitro groups is 1. The van der Waals surface area contributed by atoms with Gasteiger partial charge in [-0.3, -0.25) is 15.0 Å². The molecular weight excluding hydrogens is 210 g/mol. The normalized spacial score (nSPS) is 25.2. The van der Waals surface area contributed by atoms with Crippen molar-refractivity contribution in [1.29, 1.82) is 0 Å². The molecule has 2 fully saturated rings. The minimum Gasteiger partial charge on any atom is -0.383 e. The van der Waals surface area contributed by atoms with Gasteiger partial charge >= 0.3 is 0 Å². The third-order valence-corrected chi connectivity index (χ3v) is 2.99. The van der Waals surface area contributed by atoms with Gasteiger partial charge in [-0.1, -0.05) is 0 Å². The highest BCUT2D eigenvalue weighted by Crippen LogP contribution is 2.16. The van der Waals surface area contributed by atoms with Gasteiger partial charge in [0.2, 0.25) is 0 Å². The minimum atomic E-state index is -0.247. The van der Waals surface area contributed by atoms with E-state index in [0.29, 0.717) is 25.5 Å². The fraction of sp³-hybridized carbons (Fsp3) is 0.800. The van der Waals surface area contributed by atoms with Gasteiger partial charge < -0.3 is 10.1 Å². The molecule has 0 bridgehead atoms. The van der Waals surface area contributed by atoms with E-state index in [1.54, 1.807) is 0 Å². The average Bonchev–Trinajstić information content (AvgIpc) is 2.80. The topological polar surface area (TPSA) is 67.6 Å². The fourth-order valence-electron chi connectivity index (χ4n) is 2.07. The van der Waals surface area contributed by atoms with Crippen LogP contribution in [-0.2, 0) is 4.74 Å². The summed E-state index contributed by atoms with van der Waals surface area (Å²) in [6, 6.07) is 0. The first-order valence-corrected chi connectivity index (χ1v) is 5.68. The van der Waals surface area contributed by atoms with Gasteiger partial charge in [0.05, 0.1) is 30.4 Å². The Balaban J connectivity index is 2.02. The lowest BCUT2D eigenvalue weighted by atomic mass is 10.2. The maximum atomic E-state index is 11.0. The summed E-state index contributed by atoms with van der Waals surface area (Å²) >= 11 is 0. The largest absolute Gasteiger partial charge is 0.383 e. The molecule has 6 nitrogen and oxygen atoms in total. The Morgan fingerprint density at radius 1 is 1.50 bits per heavy atom. The van der Waals surface area contributed by atoms with Crippen molar-refractivity contribution in [2.45, 2.75) is 12.8 Å². The predicted molar refractivity (Wildman–Crippen MR) is 58.5 cm³/mol. The predicted octanol–water partition coefficient (Wildman–Crippen LogP) is 0.190. The Bertz CT molecular complexity index is 290. The van der Waals surface area contributed by atoms with E-state index in [2.05, 4.69) is 10.2 Å². The number of ether oxygens (including phenoxy) is 1. The highest BCUT2D eigenvalue weighted by atomic mass is 16.6. The fourth-order valence-corrected chi connectivity index (χ4v) is 2.07. The van der Waals surface area contributed by atoms with Crippen molar-refractivity contribution in [3.8, 4) is 0 Å². The van der Waals surface area contributed by atoms with Crippen LogP contribution in [0.15, 0.2) is 11.4 Å². The Morgan fingerprint density at radius 3 is 2.81 bits per heavy atom. The molecule has 16 heavy (non-hydrogen) atoms. The molecule has 90 valence electrons. The van der Waals surface area contributed by atoms with E-state index in [1.807, 2.05) is 0 Å². The summed E-state index contributed by atoms with van der Waals surface area (Å²) in [6.07, 6.45) is 1.80. The third kappa shape index (κ3) is 2.70. The second kappa shape index (κ2) is 5.27. The number of allylic oxidation sites excluding steroid dienone is 1. The van der Waals surface area contributed by atoms with Gasteiger partial charge in [-0.2, -0.15) is 0 Å². The van der Waals surface area contributed by atoms with Crippen LogP contribution < -0.4 is 5.32 Å². The number of hydrogen-bond donors (Lipinski definition) is 1. The molecule has 0 spiro atoms. The molecule has 0 aromatic heterocycles. The van der Waals surface area contributed by atoms with Gasteiger partial charge in [-0.15, -0.1) is 0 Å². The summed E-state index contributed by atoms with van der Waals surface area (Å²) in [5.74, 6) is 0. The summed E-state index contributed by atoms with van der Waals surface area (Å²) in [5, 5.41) is 14.1. The Labute approximate surface area is 94.4 Å². The minimum absolute atomic E-state index is 0.247. The van der Waals surface area contributed by atoms with E-state index in [4.69, 9.17) is 4.74 Å². The zero-order valence-corrected chi connectivity index (χ0v) is 9.28. The van der Waals surface area contributed by atoms with Crippen LogP contribution in [0.25, 0.3) is 0 Å². The van der Waals surface area contributed by atoms with E-state index in [0.717, 1.165) is 38.2 Å². The molecule has 2 heterocycles. The van der Waals surface area contributed by atoms with E-state index in [9.17, 15) is 10.1 Å². The van der Waals surface area contributed by atoms with Crippen LogP contribution in [0.4, 0.5) is 0 Å². The average molecular weight is 227 g/mol. The lowest BCUT2D eigenvalue weighted by Crippen LogP contribution is -2.39. The molecule has 2 aliphatic rings. The summed E-state index contributed by atoms with van der Waals surface area (Å²) in [5.41, 5.74) is 1.15. The van der Waals surface area contributed by atoms with Crippen LogP contribution in [0.1, 0.15) is 12.8 Å². The highest BCUT2D eigenvalue weighted by molar-refractivity contribution is 5.11. The summed E-state index contributed by atoms with van der Waals surface area (Å²) in [4.78, 5) is 12.8. The van der Waals surface area contributed by atoms with Crippen LogP contribution in [-0.4, -0.2) is 49.2 Å². The molecule has 1 N–H and O–H groups in total. The summed E-state index contributed by atoms with van der Waals surface area (Å²) in [6.45, 7) is 4.20. The Morgan fingerprint density at radius 2 is 2.25 bits per heavy atom. The van der Waals surface area contributed by atoms with Crippen molar-refractivity contribution in [3.63, 3.8) is 0 Å². The first-order chi connectivity index (χ1) is 7.77. The second-order valence-corrected chi connectivity index (χ2v) is 4.10. The number of nitrogens with zero attached hydrogens (tertiary/aromatic N) is 2. The summed E-state index contributed by atoms with van der Waals surface area (Å²) < 4.78 is 5.22. The Hall–Kier alpha value is -1.14. The standard InChI is InChI=1S/C10H17N3O3/c14-13(15)10(9-2-1-3-11-9)8-12-4-6-16-7-5-12/h11H,1-8H2/b10-9-. The van der Waals surface area contributed by atoms with Crippen LogP contribution in [0, 0.1) is 10.1 Å². The summed E-state index contributed by atoms with van der Waals surface area (Å²) in [7, 11) is 0. The zero-order chi connectivity index (χ0) is 11.4. The molecule has 2 rings (SSSR count). The molecule has 0 saturated carbocycles. The smallest absolute Gasteiger partial charge is 0.278 e. The maximum Gasteiger partial charge on any atom is 0.278 e. The molecule has 6 heteroatoms. The van der Waals surface area contributed by atoms with E-state index in [1.165, 1.54) is 0 Å². The van der Waals surface area contributed by atoms with Crippen LogP contribution in [0.3, 0.4) is 0 Å². The third-order valence-electron chi connectivity index (χ3n) is 2.99. The number of hydrogen-bond acceptors (Lipinski definition) is 5. The van der Waals surface area contributed by atoms with Gasteiger partial charge in [-0.05, 0) is 12.8 Å². The molecule has 0 aromatic rings. The molecular formula is C10H17N3O3. The van der Waals surface area contributed by atoms with Crippen molar-refractivity contribution >= 4 is 0 Å². The molecule has 2 saturated heterocycles. The van der Waals surface area contributed by atoms with Crippen LogP contribution in [0.2, 0.25) is 0 Å². The number of morpholine rings is 1. The molecule has 0 aliphatic carbocycles. The SMILES string of the molecule is O=[N+]([O-])/C(CN1CCOCC1)=C1/CCCN1. The van der Waals surface area contributed by atoms with Crippen molar-refractivity contribution in [1.82, 2.24) is 10.2 Å². The zero-order valence-electron chi connectivity index (χ0n) is 9.28. The lowest BCUT2D eigenvalue weighted by molar-refractivity contribution is -0.429. The Kier molecular flexibility index (Phi) is 3.74. The first-order valence-electron chi connectivity index (χ1n) is 5.68. The molecule has 0 unspecified atom stereocenters. The maximum absolute atomic E-state index is 11.0. The van der Waals surface area contributed by atoms with Crippen LogP contribution in [0.5, 0.6) is 0 Å². The quantitative estimate of drug-likeness (QED) is 0.550. The van der Waals surface area contributed by atoms with Gasteiger partial charge in [0.25, 0.3) is 5.70 Å². The van der Waals surface area contributed by atoms with E-state index < -0.39 is 0 Å². The van der Waals surface area contributed by atoms with Crippen molar-refractivity contribution in [2.75, 3.05) is 39.4 Å². The van der Waals surface area contributed by atoms with Gasteiger partial charge in [0.15, 0.2) is 0 Å². The highest BCUT2D eigenvalue weighted by Gasteiger charge is 2.24. The van der Waals surface area contributed by atoms with Crippen molar-refractivity contribution < 1.29 is 9.66 Å². The van der Waals surface area contributed by atoms with E-state index >= 15 is 0 Å². The van der Waals surface area contributed by atoms with E-state index in [-0.39, 0.29) is 4.92 Å². The number of rotatable bonds is 3. The molecule has 0 amide bonds. The number of nitrogens with one attached hydrogen (secondary N) is 1. The van der Waals surface area contributed by atoms with Crippen LogP contribution >= 0.6 is 0 Å². The molecule has 0 atom stereocenters.